The van der Waals surface area contributed by atoms with Gasteiger partial charge < -0.3 is 20.3 Å². The van der Waals surface area contributed by atoms with Crippen molar-refractivity contribution in [2.45, 2.75) is 26.4 Å². The lowest BCUT2D eigenvalue weighted by molar-refractivity contribution is 0.0240. The minimum atomic E-state index is -0.447. The van der Waals surface area contributed by atoms with Gasteiger partial charge in [-0.05, 0) is 45.0 Å². The first-order valence-corrected chi connectivity index (χ1v) is 6.85. The summed E-state index contributed by atoms with van der Waals surface area (Å²) in [4.78, 5) is 15.9. The van der Waals surface area contributed by atoms with E-state index < -0.39 is 5.60 Å². The molecular formula is C15H22N3O2. The first-order valence-electron chi connectivity index (χ1n) is 6.85. The third kappa shape index (κ3) is 3.79. The maximum atomic E-state index is 12.0. The SMILES string of the molecule is CC(C)(C)OC(=O)N1CCN(c2c[c]cc(N)c2)CC1. The first-order chi connectivity index (χ1) is 9.35. The summed E-state index contributed by atoms with van der Waals surface area (Å²) in [7, 11) is 0. The summed E-state index contributed by atoms with van der Waals surface area (Å²) < 4.78 is 5.38. The highest BCUT2D eigenvalue weighted by Crippen LogP contribution is 2.19. The van der Waals surface area contributed by atoms with E-state index in [1.54, 1.807) is 11.0 Å². The number of amides is 1. The lowest BCUT2D eigenvalue weighted by Crippen LogP contribution is -2.50. The Balaban J connectivity index is 1.91. The molecule has 1 aromatic rings. The molecule has 0 spiro atoms. The van der Waals surface area contributed by atoms with Gasteiger partial charge in [-0.3, -0.25) is 0 Å². The van der Waals surface area contributed by atoms with Crippen molar-refractivity contribution in [1.82, 2.24) is 4.90 Å². The molecule has 1 aliphatic rings. The minimum absolute atomic E-state index is 0.240. The zero-order valence-corrected chi connectivity index (χ0v) is 12.3. The number of carbonyl (C=O) groups excluding carboxylic acids is 1. The predicted molar refractivity (Wildman–Crippen MR) is 79.7 cm³/mol. The van der Waals surface area contributed by atoms with Crippen molar-refractivity contribution in [2.24, 2.45) is 0 Å². The number of benzene rings is 1. The van der Waals surface area contributed by atoms with Crippen LogP contribution in [0.5, 0.6) is 0 Å². The van der Waals surface area contributed by atoms with Gasteiger partial charge in [0.05, 0.1) is 0 Å². The van der Waals surface area contributed by atoms with Crippen LogP contribution in [-0.2, 0) is 4.74 Å². The Morgan fingerprint density at radius 3 is 2.45 bits per heavy atom. The van der Waals surface area contributed by atoms with Crippen molar-refractivity contribution < 1.29 is 9.53 Å². The molecule has 0 saturated carbocycles. The minimum Gasteiger partial charge on any atom is -0.444 e. The van der Waals surface area contributed by atoms with E-state index in [0.29, 0.717) is 18.8 Å². The van der Waals surface area contributed by atoms with Crippen LogP contribution in [0.15, 0.2) is 18.2 Å². The van der Waals surface area contributed by atoms with Gasteiger partial charge in [-0.15, -0.1) is 0 Å². The van der Waals surface area contributed by atoms with Crippen molar-refractivity contribution in [3.8, 4) is 0 Å². The highest BCUT2D eigenvalue weighted by atomic mass is 16.6. The number of piperazine rings is 1. The van der Waals surface area contributed by atoms with Crippen molar-refractivity contribution >= 4 is 17.5 Å². The molecule has 0 atom stereocenters. The Kier molecular flexibility index (Phi) is 4.06. The molecule has 1 aromatic carbocycles. The van der Waals surface area contributed by atoms with Crippen LogP contribution < -0.4 is 10.6 Å². The summed E-state index contributed by atoms with van der Waals surface area (Å²) in [5, 5.41) is 0. The van der Waals surface area contributed by atoms with Crippen molar-refractivity contribution in [3.63, 3.8) is 0 Å². The van der Waals surface area contributed by atoms with Gasteiger partial charge in [-0.2, -0.15) is 0 Å². The summed E-state index contributed by atoms with van der Waals surface area (Å²) in [5.74, 6) is 0. The van der Waals surface area contributed by atoms with Gasteiger partial charge in [-0.25, -0.2) is 4.79 Å². The molecule has 20 heavy (non-hydrogen) atoms. The average molecular weight is 276 g/mol. The fraction of sp³-hybridized carbons (Fsp3) is 0.533. The van der Waals surface area contributed by atoms with E-state index in [2.05, 4.69) is 11.0 Å². The van der Waals surface area contributed by atoms with Crippen LogP contribution in [0.2, 0.25) is 0 Å². The Morgan fingerprint density at radius 1 is 1.25 bits per heavy atom. The molecule has 109 valence electrons. The van der Waals surface area contributed by atoms with Gasteiger partial charge in [0.2, 0.25) is 0 Å². The molecule has 0 unspecified atom stereocenters. The van der Waals surface area contributed by atoms with Gasteiger partial charge in [0.25, 0.3) is 0 Å². The molecule has 5 heteroatoms. The lowest BCUT2D eigenvalue weighted by Gasteiger charge is -2.36. The Bertz CT molecular complexity index is 474. The maximum Gasteiger partial charge on any atom is 0.410 e. The third-order valence-corrected chi connectivity index (χ3v) is 3.09. The standard InChI is InChI=1S/C15H22N3O2/c1-15(2,3)20-14(19)18-9-7-17(8-10-18)13-6-4-5-12(16)11-13/h5-6,11H,7-10,16H2,1-3H3. The Hall–Kier alpha value is -1.91. The fourth-order valence-corrected chi connectivity index (χ4v) is 2.13. The van der Waals surface area contributed by atoms with Crippen LogP contribution in [0.1, 0.15) is 20.8 Å². The van der Waals surface area contributed by atoms with Crippen LogP contribution in [0.4, 0.5) is 16.2 Å². The summed E-state index contributed by atoms with van der Waals surface area (Å²) in [6.07, 6.45) is -0.240. The number of nitrogens with zero attached hydrogens (tertiary/aromatic N) is 2. The molecule has 0 aliphatic carbocycles. The van der Waals surface area contributed by atoms with E-state index in [1.807, 2.05) is 32.9 Å². The first kappa shape index (κ1) is 14.5. The number of rotatable bonds is 1. The molecule has 2 N–H and O–H groups in total. The van der Waals surface area contributed by atoms with Gasteiger partial charge in [0.15, 0.2) is 0 Å². The number of nitrogen functional groups attached to an aromatic ring is 1. The number of hydrogen-bond acceptors (Lipinski definition) is 4. The average Bonchev–Trinajstić information content (AvgIpc) is 2.37. The van der Waals surface area contributed by atoms with Gasteiger partial charge >= 0.3 is 6.09 Å². The van der Waals surface area contributed by atoms with Gasteiger partial charge in [0.1, 0.15) is 5.60 Å². The summed E-state index contributed by atoms with van der Waals surface area (Å²) in [6.45, 7) is 8.50. The van der Waals surface area contributed by atoms with Crippen LogP contribution in [0.3, 0.4) is 0 Å². The Labute approximate surface area is 120 Å². The number of hydrogen-bond donors (Lipinski definition) is 1. The molecule has 0 bridgehead atoms. The second-order valence-corrected chi connectivity index (χ2v) is 5.98. The molecule has 1 radical (unpaired) electrons. The fourth-order valence-electron chi connectivity index (χ4n) is 2.13. The summed E-state index contributed by atoms with van der Waals surface area (Å²) in [6, 6.07) is 8.62. The molecule has 1 saturated heterocycles. The molecular weight excluding hydrogens is 254 g/mol. The molecule has 5 nitrogen and oxygen atoms in total. The molecule has 0 aromatic heterocycles. The summed E-state index contributed by atoms with van der Waals surface area (Å²) >= 11 is 0. The van der Waals surface area contributed by atoms with Gasteiger partial charge in [0, 0.05) is 37.6 Å². The van der Waals surface area contributed by atoms with Gasteiger partial charge in [-0.1, -0.05) is 0 Å². The van der Waals surface area contributed by atoms with Crippen LogP contribution in [-0.4, -0.2) is 42.8 Å². The number of carbonyl (C=O) groups is 1. The smallest absolute Gasteiger partial charge is 0.410 e. The predicted octanol–water partition coefficient (Wildman–Crippen LogP) is 2.13. The maximum absolute atomic E-state index is 12.0. The van der Waals surface area contributed by atoms with Crippen molar-refractivity contribution in [2.75, 3.05) is 36.8 Å². The zero-order valence-electron chi connectivity index (χ0n) is 12.3. The van der Waals surface area contributed by atoms with E-state index in [4.69, 9.17) is 10.5 Å². The lowest BCUT2D eigenvalue weighted by atomic mass is 10.2. The van der Waals surface area contributed by atoms with Crippen molar-refractivity contribution in [1.29, 1.82) is 0 Å². The largest absolute Gasteiger partial charge is 0.444 e. The van der Waals surface area contributed by atoms with Crippen LogP contribution in [0.25, 0.3) is 0 Å². The van der Waals surface area contributed by atoms with E-state index in [1.165, 1.54) is 0 Å². The molecule has 1 aliphatic heterocycles. The molecule has 2 rings (SSSR count). The van der Waals surface area contributed by atoms with Crippen LogP contribution in [0, 0.1) is 6.07 Å². The highest BCUT2D eigenvalue weighted by molar-refractivity contribution is 5.68. The monoisotopic (exact) mass is 276 g/mol. The van der Waals surface area contributed by atoms with E-state index in [-0.39, 0.29) is 6.09 Å². The number of ether oxygens (including phenoxy) is 1. The van der Waals surface area contributed by atoms with Crippen molar-refractivity contribution in [3.05, 3.63) is 24.3 Å². The molecule has 1 heterocycles. The summed E-state index contributed by atoms with van der Waals surface area (Å²) in [5.41, 5.74) is 7.08. The third-order valence-electron chi connectivity index (χ3n) is 3.09. The van der Waals surface area contributed by atoms with E-state index in [0.717, 1.165) is 18.8 Å². The van der Waals surface area contributed by atoms with Crippen LogP contribution >= 0.6 is 0 Å². The van der Waals surface area contributed by atoms with E-state index >= 15 is 0 Å². The zero-order chi connectivity index (χ0) is 14.8. The quantitative estimate of drug-likeness (QED) is 0.798. The topological polar surface area (TPSA) is 58.8 Å². The second-order valence-electron chi connectivity index (χ2n) is 5.98. The highest BCUT2D eigenvalue weighted by Gasteiger charge is 2.25. The molecule has 1 fully saturated rings. The number of anilines is 2. The molecule has 1 amide bonds. The normalized spacial score (nSPS) is 16.1. The van der Waals surface area contributed by atoms with E-state index in [9.17, 15) is 4.79 Å². The number of nitrogens with two attached hydrogens (primary N) is 1. The Morgan fingerprint density at radius 2 is 1.90 bits per heavy atom. The second kappa shape index (κ2) is 5.61.